The van der Waals surface area contributed by atoms with Crippen molar-refractivity contribution in [2.45, 2.75) is 11.8 Å². The Bertz CT molecular complexity index is 1380. The van der Waals surface area contributed by atoms with Gasteiger partial charge < -0.3 is 14.4 Å². The van der Waals surface area contributed by atoms with E-state index in [0.29, 0.717) is 30.4 Å². The maximum absolute atomic E-state index is 14.1. The van der Waals surface area contributed by atoms with E-state index in [9.17, 15) is 17.6 Å². The summed E-state index contributed by atoms with van der Waals surface area (Å²) in [6.45, 7) is 2.68. The Hall–Kier alpha value is -3.65. The molecule has 0 aliphatic carbocycles. The number of carbonyl (C=O) groups excluding carboxylic acids is 1. The number of ketones is 1. The quantitative estimate of drug-likeness (QED) is 0.430. The van der Waals surface area contributed by atoms with Crippen LogP contribution < -0.4 is 14.4 Å². The van der Waals surface area contributed by atoms with Gasteiger partial charge in [-0.15, -0.1) is 0 Å². The second kappa shape index (κ2) is 7.49. The number of halogens is 1. The van der Waals surface area contributed by atoms with Crippen molar-refractivity contribution in [3.63, 3.8) is 0 Å². The lowest BCUT2D eigenvalue weighted by molar-refractivity contribution is 0.104. The molecule has 0 amide bonds. The van der Waals surface area contributed by atoms with Crippen LogP contribution in [0.5, 0.6) is 11.5 Å². The number of Topliss-reactive ketones (excluding diaryl/α,β-unsaturated/α-hetero) is 1. The number of anilines is 2. The van der Waals surface area contributed by atoms with Crippen LogP contribution >= 0.6 is 0 Å². The molecule has 2 aliphatic heterocycles. The molecule has 3 aromatic carbocycles. The lowest BCUT2D eigenvalue weighted by atomic mass is 10.1. The molecular formula is C24H18FNO5S. The molecular weight excluding hydrogens is 433 g/mol. The minimum Gasteiger partial charge on any atom is -0.486 e. The minimum absolute atomic E-state index is 0.113. The van der Waals surface area contributed by atoms with Gasteiger partial charge in [0.05, 0.1) is 10.6 Å². The van der Waals surface area contributed by atoms with Gasteiger partial charge in [0.15, 0.2) is 11.5 Å². The van der Waals surface area contributed by atoms with Crippen molar-refractivity contribution in [3.8, 4) is 11.5 Å². The van der Waals surface area contributed by atoms with E-state index in [2.05, 4.69) is 0 Å². The Labute approximate surface area is 184 Å². The highest BCUT2D eigenvalue weighted by molar-refractivity contribution is 7.96. The normalized spacial score (nSPS) is 16.2. The molecule has 0 unspecified atom stereocenters. The van der Waals surface area contributed by atoms with Crippen LogP contribution in [0.3, 0.4) is 0 Å². The van der Waals surface area contributed by atoms with Crippen LogP contribution in [0.15, 0.2) is 76.7 Å². The predicted octanol–water partition coefficient (Wildman–Crippen LogP) is 4.56. The minimum atomic E-state index is -4.17. The van der Waals surface area contributed by atoms with Gasteiger partial charge in [0.1, 0.15) is 23.9 Å². The molecule has 5 rings (SSSR count). The fourth-order valence-electron chi connectivity index (χ4n) is 3.70. The zero-order valence-corrected chi connectivity index (χ0v) is 17.9. The van der Waals surface area contributed by atoms with Crippen molar-refractivity contribution < 1.29 is 27.1 Å². The summed E-state index contributed by atoms with van der Waals surface area (Å²) in [4.78, 5) is 14.2. The Morgan fingerprint density at radius 2 is 1.66 bits per heavy atom. The maximum Gasteiger partial charge on any atom is 0.214 e. The Morgan fingerprint density at radius 3 is 2.41 bits per heavy atom. The standard InChI is InChI=1S/C24H18FNO5S/c1-15-2-4-16(5-3-15)24(27)23-14-26(18-7-8-20-21(13-18)31-11-10-30-20)19-12-17(25)6-9-22(19)32(23,28)29/h2-9,12-14H,10-11H2,1H3. The third-order valence-corrected chi connectivity index (χ3v) is 7.14. The number of ether oxygens (including phenoxy) is 2. The highest BCUT2D eigenvalue weighted by atomic mass is 32.2. The van der Waals surface area contributed by atoms with Crippen LogP contribution in [0.1, 0.15) is 15.9 Å². The van der Waals surface area contributed by atoms with E-state index < -0.39 is 26.3 Å². The largest absolute Gasteiger partial charge is 0.486 e. The van der Waals surface area contributed by atoms with Gasteiger partial charge >= 0.3 is 0 Å². The number of carbonyl (C=O) groups is 1. The Morgan fingerprint density at radius 1 is 0.938 bits per heavy atom. The first-order chi connectivity index (χ1) is 15.3. The number of allylic oxidation sites excluding steroid dienone is 1. The van der Waals surface area contributed by atoms with Crippen molar-refractivity contribution in [2.24, 2.45) is 0 Å². The molecule has 0 atom stereocenters. The summed E-state index contributed by atoms with van der Waals surface area (Å²) in [5, 5.41) is 0. The first-order valence-electron chi connectivity index (χ1n) is 9.91. The summed E-state index contributed by atoms with van der Waals surface area (Å²) in [5.41, 5.74) is 1.81. The first kappa shape index (κ1) is 20.3. The predicted molar refractivity (Wildman–Crippen MR) is 117 cm³/mol. The molecule has 2 heterocycles. The smallest absolute Gasteiger partial charge is 0.214 e. The van der Waals surface area contributed by atoms with Crippen molar-refractivity contribution >= 4 is 27.0 Å². The second-order valence-electron chi connectivity index (χ2n) is 7.50. The van der Waals surface area contributed by atoms with Gasteiger partial charge in [-0.1, -0.05) is 29.8 Å². The van der Waals surface area contributed by atoms with Crippen molar-refractivity contribution in [2.75, 3.05) is 18.1 Å². The molecule has 3 aromatic rings. The van der Waals surface area contributed by atoms with Crippen LogP contribution in [-0.4, -0.2) is 27.4 Å². The second-order valence-corrected chi connectivity index (χ2v) is 9.39. The summed E-state index contributed by atoms with van der Waals surface area (Å²) in [7, 11) is -4.17. The monoisotopic (exact) mass is 451 g/mol. The lowest BCUT2D eigenvalue weighted by Crippen LogP contribution is -2.26. The van der Waals surface area contributed by atoms with Gasteiger partial charge in [-0.3, -0.25) is 4.79 Å². The van der Waals surface area contributed by atoms with E-state index in [1.807, 2.05) is 6.92 Å². The molecule has 8 heteroatoms. The molecule has 0 fully saturated rings. The lowest BCUT2D eigenvalue weighted by Gasteiger charge is -2.30. The van der Waals surface area contributed by atoms with Gasteiger partial charge in [0, 0.05) is 23.5 Å². The molecule has 0 bridgehead atoms. The SMILES string of the molecule is Cc1ccc(C(=O)C2=CN(c3ccc4c(c3)OCCO4)c3cc(F)ccc3S2(=O)=O)cc1. The van der Waals surface area contributed by atoms with Gasteiger partial charge in [-0.25, -0.2) is 12.8 Å². The average Bonchev–Trinajstić information content (AvgIpc) is 2.79. The molecule has 0 N–H and O–H groups in total. The zero-order valence-electron chi connectivity index (χ0n) is 17.0. The number of nitrogens with zero attached hydrogens (tertiary/aromatic N) is 1. The van der Waals surface area contributed by atoms with E-state index in [4.69, 9.17) is 9.47 Å². The molecule has 0 saturated heterocycles. The fraction of sp³-hybridized carbons (Fsp3) is 0.125. The van der Waals surface area contributed by atoms with E-state index >= 15 is 0 Å². The van der Waals surface area contributed by atoms with Crippen molar-refractivity contribution in [1.82, 2.24) is 0 Å². The molecule has 0 radical (unpaired) electrons. The van der Waals surface area contributed by atoms with Crippen LogP contribution in [0.4, 0.5) is 15.8 Å². The van der Waals surface area contributed by atoms with Crippen molar-refractivity contribution in [1.29, 1.82) is 0 Å². The van der Waals surface area contributed by atoms with Crippen LogP contribution in [0, 0.1) is 12.7 Å². The van der Waals surface area contributed by atoms with Crippen LogP contribution in [-0.2, 0) is 9.84 Å². The van der Waals surface area contributed by atoms with Gasteiger partial charge in [0.25, 0.3) is 0 Å². The molecule has 0 saturated carbocycles. The third kappa shape index (κ3) is 3.33. The Kier molecular flexibility index (Phi) is 4.74. The molecule has 0 spiro atoms. The maximum atomic E-state index is 14.1. The molecule has 2 aliphatic rings. The zero-order chi connectivity index (χ0) is 22.5. The molecule has 6 nitrogen and oxygen atoms in total. The summed E-state index contributed by atoms with van der Waals surface area (Å²) in [6.07, 6.45) is 1.24. The number of rotatable bonds is 3. The van der Waals surface area contributed by atoms with Gasteiger partial charge in [-0.2, -0.15) is 0 Å². The number of aryl methyl sites for hydroxylation is 1. The first-order valence-corrected chi connectivity index (χ1v) is 11.4. The number of hydrogen-bond acceptors (Lipinski definition) is 6. The van der Waals surface area contributed by atoms with Crippen molar-refractivity contribution in [3.05, 3.63) is 88.7 Å². The molecule has 32 heavy (non-hydrogen) atoms. The van der Waals surface area contributed by atoms with Crippen LogP contribution in [0.25, 0.3) is 0 Å². The summed E-state index contributed by atoms with van der Waals surface area (Å²) in [5.74, 6) is -0.185. The molecule has 162 valence electrons. The van der Waals surface area contributed by atoms with Crippen LogP contribution in [0.2, 0.25) is 0 Å². The summed E-state index contributed by atoms with van der Waals surface area (Å²) >= 11 is 0. The average molecular weight is 451 g/mol. The van der Waals surface area contributed by atoms with E-state index in [1.54, 1.807) is 42.5 Å². The number of fused-ring (bicyclic) bond motifs is 2. The fourth-order valence-corrected chi connectivity index (χ4v) is 5.23. The Balaban J connectivity index is 1.69. The number of hydrogen-bond donors (Lipinski definition) is 0. The number of benzene rings is 3. The summed E-state index contributed by atoms with van der Waals surface area (Å²) in [6, 6.07) is 15.1. The highest BCUT2D eigenvalue weighted by Crippen LogP contribution is 2.43. The number of sulfone groups is 1. The van der Waals surface area contributed by atoms with Gasteiger partial charge in [0.2, 0.25) is 15.6 Å². The molecule has 0 aromatic heterocycles. The highest BCUT2D eigenvalue weighted by Gasteiger charge is 2.36. The van der Waals surface area contributed by atoms with E-state index in [0.717, 1.165) is 17.7 Å². The topological polar surface area (TPSA) is 72.9 Å². The van der Waals surface area contributed by atoms with Gasteiger partial charge in [-0.05, 0) is 37.3 Å². The van der Waals surface area contributed by atoms with E-state index in [-0.39, 0.29) is 16.1 Å². The summed E-state index contributed by atoms with van der Waals surface area (Å²) < 4.78 is 51.9. The van der Waals surface area contributed by atoms with E-state index in [1.165, 1.54) is 17.2 Å². The third-order valence-electron chi connectivity index (χ3n) is 5.35.